The van der Waals surface area contributed by atoms with E-state index in [2.05, 4.69) is 11.4 Å². The molecule has 0 fully saturated rings. The maximum atomic E-state index is 12.1. The van der Waals surface area contributed by atoms with Gasteiger partial charge in [0.05, 0.1) is 18.2 Å². The van der Waals surface area contributed by atoms with Crippen LogP contribution in [0.1, 0.15) is 24.1 Å². The highest BCUT2D eigenvalue weighted by atomic mass is 16.5. The number of nitriles is 1. The molecule has 2 rings (SSSR count). The predicted octanol–water partition coefficient (Wildman–Crippen LogP) is 3.27. The van der Waals surface area contributed by atoms with Crippen molar-refractivity contribution in [3.63, 3.8) is 0 Å². The molecule has 1 atom stereocenters. The van der Waals surface area contributed by atoms with E-state index in [0.717, 1.165) is 11.3 Å². The highest BCUT2D eigenvalue weighted by molar-refractivity contribution is 5.81. The molecule has 0 amide bonds. The van der Waals surface area contributed by atoms with Crippen molar-refractivity contribution in [3.05, 3.63) is 65.7 Å². The summed E-state index contributed by atoms with van der Waals surface area (Å²) in [5, 5.41) is 11.9. The van der Waals surface area contributed by atoms with E-state index >= 15 is 0 Å². The highest BCUT2D eigenvalue weighted by Gasteiger charge is 2.21. The molecule has 2 aromatic rings. The Hall–Kier alpha value is -2.80. The van der Waals surface area contributed by atoms with E-state index in [1.807, 2.05) is 30.3 Å². The Bertz CT molecular complexity index is 630. The minimum absolute atomic E-state index is 0.326. The summed E-state index contributed by atoms with van der Waals surface area (Å²) in [5.41, 5.74) is 2.17. The molecular weight excluding hydrogens is 264 g/mol. The van der Waals surface area contributed by atoms with Gasteiger partial charge in [0.25, 0.3) is 0 Å². The molecule has 4 heteroatoms. The summed E-state index contributed by atoms with van der Waals surface area (Å²) in [7, 11) is 0. The van der Waals surface area contributed by atoms with Crippen LogP contribution in [0.5, 0.6) is 0 Å². The van der Waals surface area contributed by atoms with Crippen LogP contribution in [0.2, 0.25) is 0 Å². The van der Waals surface area contributed by atoms with Gasteiger partial charge in [-0.3, -0.25) is 0 Å². The van der Waals surface area contributed by atoms with Crippen molar-refractivity contribution in [2.45, 2.75) is 13.0 Å². The van der Waals surface area contributed by atoms with E-state index < -0.39 is 6.04 Å². The van der Waals surface area contributed by atoms with Gasteiger partial charge in [-0.15, -0.1) is 0 Å². The largest absolute Gasteiger partial charge is 0.464 e. The zero-order valence-electron chi connectivity index (χ0n) is 11.7. The van der Waals surface area contributed by atoms with E-state index in [1.165, 1.54) is 0 Å². The number of nitrogens with one attached hydrogen (secondary N) is 1. The molecule has 0 saturated heterocycles. The molecular formula is C17H16N2O2. The van der Waals surface area contributed by atoms with Crippen LogP contribution >= 0.6 is 0 Å². The number of carbonyl (C=O) groups is 1. The quantitative estimate of drug-likeness (QED) is 0.854. The summed E-state index contributed by atoms with van der Waals surface area (Å²) in [4.78, 5) is 12.1. The molecule has 0 aromatic heterocycles. The maximum absolute atomic E-state index is 12.1. The van der Waals surface area contributed by atoms with Gasteiger partial charge >= 0.3 is 5.97 Å². The van der Waals surface area contributed by atoms with Crippen LogP contribution in [-0.4, -0.2) is 12.6 Å². The van der Waals surface area contributed by atoms with Crippen LogP contribution in [0.3, 0.4) is 0 Å². The monoisotopic (exact) mass is 280 g/mol. The Morgan fingerprint density at radius 2 is 1.86 bits per heavy atom. The Labute approximate surface area is 124 Å². The Balaban J connectivity index is 2.23. The second-order valence-corrected chi connectivity index (χ2v) is 4.43. The predicted molar refractivity (Wildman–Crippen MR) is 80.6 cm³/mol. The number of esters is 1. The third kappa shape index (κ3) is 3.83. The van der Waals surface area contributed by atoms with Gasteiger partial charge in [0.1, 0.15) is 0 Å². The zero-order valence-corrected chi connectivity index (χ0v) is 11.7. The second kappa shape index (κ2) is 7.11. The molecule has 0 aliphatic carbocycles. The average molecular weight is 280 g/mol. The van der Waals surface area contributed by atoms with E-state index in [9.17, 15) is 4.79 Å². The van der Waals surface area contributed by atoms with Crippen LogP contribution in [-0.2, 0) is 9.53 Å². The van der Waals surface area contributed by atoms with Crippen molar-refractivity contribution in [1.82, 2.24) is 0 Å². The summed E-state index contributed by atoms with van der Waals surface area (Å²) in [6.45, 7) is 2.11. The van der Waals surface area contributed by atoms with Crippen molar-refractivity contribution in [1.29, 1.82) is 5.26 Å². The minimum atomic E-state index is -0.570. The van der Waals surface area contributed by atoms with Gasteiger partial charge in [-0.1, -0.05) is 30.3 Å². The van der Waals surface area contributed by atoms with Gasteiger partial charge in [0, 0.05) is 5.69 Å². The summed E-state index contributed by atoms with van der Waals surface area (Å²) < 4.78 is 5.12. The molecule has 0 radical (unpaired) electrons. The lowest BCUT2D eigenvalue weighted by atomic mass is 10.1. The first-order chi connectivity index (χ1) is 10.2. The Kier molecular flexibility index (Phi) is 4.94. The van der Waals surface area contributed by atoms with E-state index in [-0.39, 0.29) is 5.97 Å². The maximum Gasteiger partial charge on any atom is 0.333 e. The van der Waals surface area contributed by atoms with Gasteiger partial charge < -0.3 is 10.1 Å². The lowest BCUT2D eigenvalue weighted by molar-refractivity contribution is -0.144. The van der Waals surface area contributed by atoms with E-state index in [4.69, 9.17) is 10.00 Å². The van der Waals surface area contributed by atoms with Crippen LogP contribution in [0.4, 0.5) is 5.69 Å². The van der Waals surface area contributed by atoms with Crippen molar-refractivity contribution in [3.8, 4) is 6.07 Å². The molecule has 0 heterocycles. The van der Waals surface area contributed by atoms with Gasteiger partial charge in [-0.05, 0) is 36.8 Å². The molecule has 1 unspecified atom stereocenters. The van der Waals surface area contributed by atoms with E-state index in [0.29, 0.717) is 12.2 Å². The van der Waals surface area contributed by atoms with Crippen molar-refractivity contribution in [2.24, 2.45) is 0 Å². The number of carbonyl (C=O) groups excluding carboxylic acids is 1. The van der Waals surface area contributed by atoms with Gasteiger partial charge in [0.15, 0.2) is 6.04 Å². The van der Waals surface area contributed by atoms with Crippen molar-refractivity contribution in [2.75, 3.05) is 11.9 Å². The first-order valence-corrected chi connectivity index (χ1v) is 6.73. The van der Waals surface area contributed by atoms with Crippen LogP contribution in [0, 0.1) is 11.3 Å². The molecule has 106 valence electrons. The molecule has 0 spiro atoms. The number of hydrogen-bond acceptors (Lipinski definition) is 4. The molecule has 21 heavy (non-hydrogen) atoms. The Morgan fingerprint density at radius 3 is 2.43 bits per heavy atom. The fourth-order valence-electron chi connectivity index (χ4n) is 1.96. The third-order valence-electron chi connectivity index (χ3n) is 2.98. The topological polar surface area (TPSA) is 62.1 Å². The number of anilines is 1. The van der Waals surface area contributed by atoms with Gasteiger partial charge in [-0.2, -0.15) is 5.26 Å². The Morgan fingerprint density at radius 1 is 1.19 bits per heavy atom. The number of benzene rings is 2. The molecule has 0 aliphatic heterocycles. The summed E-state index contributed by atoms with van der Waals surface area (Å²) in [6.07, 6.45) is 0. The minimum Gasteiger partial charge on any atom is -0.464 e. The number of nitrogens with zero attached hydrogens (tertiary/aromatic N) is 1. The highest BCUT2D eigenvalue weighted by Crippen LogP contribution is 2.21. The SMILES string of the molecule is CCOC(=O)C(Nc1ccc(C#N)cc1)c1ccccc1. The zero-order chi connectivity index (χ0) is 15.1. The van der Waals surface area contributed by atoms with Crippen molar-refractivity contribution < 1.29 is 9.53 Å². The van der Waals surface area contributed by atoms with Gasteiger partial charge in [-0.25, -0.2) is 4.79 Å². The molecule has 0 bridgehead atoms. The summed E-state index contributed by atoms with van der Waals surface area (Å²) in [6, 6.07) is 17.8. The van der Waals surface area contributed by atoms with Crippen LogP contribution in [0.25, 0.3) is 0 Å². The standard InChI is InChI=1S/C17H16N2O2/c1-2-21-17(20)16(14-6-4-3-5-7-14)19-15-10-8-13(12-18)9-11-15/h3-11,16,19H,2H2,1H3. The molecule has 0 aliphatic rings. The number of ether oxygens (including phenoxy) is 1. The fourth-order valence-corrected chi connectivity index (χ4v) is 1.96. The third-order valence-corrected chi connectivity index (χ3v) is 2.98. The first kappa shape index (κ1) is 14.6. The fraction of sp³-hybridized carbons (Fsp3) is 0.176. The normalized spacial score (nSPS) is 11.2. The molecule has 2 aromatic carbocycles. The lowest BCUT2D eigenvalue weighted by Gasteiger charge is -2.18. The smallest absolute Gasteiger partial charge is 0.333 e. The van der Waals surface area contributed by atoms with E-state index in [1.54, 1.807) is 31.2 Å². The number of rotatable bonds is 5. The lowest BCUT2D eigenvalue weighted by Crippen LogP contribution is -2.23. The van der Waals surface area contributed by atoms with Gasteiger partial charge in [0.2, 0.25) is 0 Å². The molecule has 1 N–H and O–H groups in total. The molecule has 0 saturated carbocycles. The van der Waals surface area contributed by atoms with Crippen LogP contribution in [0.15, 0.2) is 54.6 Å². The summed E-state index contributed by atoms with van der Waals surface area (Å²) >= 11 is 0. The van der Waals surface area contributed by atoms with Crippen LogP contribution < -0.4 is 5.32 Å². The van der Waals surface area contributed by atoms with Crippen molar-refractivity contribution >= 4 is 11.7 Å². The number of hydrogen-bond donors (Lipinski definition) is 1. The first-order valence-electron chi connectivity index (χ1n) is 6.73. The summed E-state index contributed by atoms with van der Waals surface area (Å²) in [5.74, 6) is -0.326. The molecule has 4 nitrogen and oxygen atoms in total. The average Bonchev–Trinajstić information content (AvgIpc) is 2.54. The second-order valence-electron chi connectivity index (χ2n) is 4.43.